The van der Waals surface area contributed by atoms with E-state index in [0.717, 1.165) is 17.8 Å². The van der Waals surface area contributed by atoms with Gasteiger partial charge in [-0.25, -0.2) is 0 Å². The number of benzene rings is 4. The molecular formula is C25H19N. The standard InChI is InChI=1S/C25H19N/c1-2-11-21(12-3-1)26-22-13-6-9-19(17-22)24-15-7-10-20-16-18-8-4-5-14-23(18)25(20)24/h1-15,17,26H,16H2. The number of fused-ring (bicyclic) bond motifs is 3. The lowest BCUT2D eigenvalue weighted by Gasteiger charge is -2.12. The minimum atomic E-state index is 1.03. The maximum absolute atomic E-state index is 3.50. The molecule has 26 heavy (non-hydrogen) atoms. The van der Waals surface area contributed by atoms with Gasteiger partial charge in [0.2, 0.25) is 0 Å². The number of nitrogens with one attached hydrogen (secondary N) is 1. The molecule has 0 saturated carbocycles. The quantitative estimate of drug-likeness (QED) is 0.389. The maximum atomic E-state index is 3.50. The maximum Gasteiger partial charge on any atom is 0.0390 e. The van der Waals surface area contributed by atoms with Gasteiger partial charge < -0.3 is 5.32 Å². The lowest BCUT2D eigenvalue weighted by molar-refractivity contribution is 1.26. The van der Waals surface area contributed by atoms with Crippen molar-refractivity contribution in [2.45, 2.75) is 6.42 Å². The van der Waals surface area contributed by atoms with Crippen LogP contribution in [0.5, 0.6) is 0 Å². The Kier molecular flexibility index (Phi) is 3.57. The Hall–Kier alpha value is -3.32. The summed E-state index contributed by atoms with van der Waals surface area (Å²) in [6, 6.07) is 34.4. The van der Waals surface area contributed by atoms with Crippen LogP contribution in [0.25, 0.3) is 22.3 Å². The van der Waals surface area contributed by atoms with Crippen LogP contribution in [0.1, 0.15) is 11.1 Å². The summed E-state index contributed by atoms with van der Waals surface area (Å²) in [6.07, 6.45) is 1.03. The average molecular weight is 333 g/mol. The first kappa shape index (κ1) is 15.0. The summed E-state index contributed by atoms with van der Waals surface area (Å²) in [5.41, 5.74) is 10.4. The number of hydrogen-bond donors (Lipinski definition) is 1. The molecule has 4 aromatic rings. The van der Waals surface area contributed by atoms with Crippen molar-refractivity contribution in [2.75, 3.05) is 5.32 Å². The monoisotopic (exact) mass is 333 g/mol. The first-order valence-corrected chi connectivity index (χ1v) is 9.01. The van der Waals surface area contributed by atoms with Crippen LogP contribution in [-0.2, 0) is 6.42 Å². The number of rotatable bonds is 3. The van der Waals surface area contributed by atoms with Crippen molar-refractivity contribution >= 4 is 11.4 Å². The number of para-hydroxylation sites is 1. The minimum absolute atomic E-state index is 1.03. The molecule has 0 unspecified atom stereocenters. The molecule has 0 fully saturated rings. The highest BCUT2D eigenvalue weighted by atomic mass is 14.9. The highest BCUT2D eigenvalue weighted by Crippen LogP contribution is 2.43. The van der Waals surface area contributed by atoms with Crippen molar-refractivity contribution in [1.29, 1.82) is 0 Å². The second kappa shape index (κ2) is 6.20. The summed E-state index contributed by atoms with van der Waals surface area (Å²) in [7, 11) is 0. The van der Waals surface area contributed by atoms with Crippen molar-refractivity contribution < 1.29 is 0 Å². The molecule has 1 nitrogen and oxygen atoms in total. The molecule has 0 amide bonds. The highest BCUT2D eigenvalue weighted by Gasteiger charge is 2.21. The second-order valence-corrected chi connectivity index (χ2v) is 6.75. The largest absolute Gasteiger partial charge is 0.356 e. The molecule has 1 aliphatic rings. The molecule has 5 rings (SSSR count). The van der Waals surface area contributed by atoms with Crippen LogP contribution in [0, 0.1) is 0 Å². The minimum Gasteiger partial charge on any atom is -0.356 e. The molecule has 0 aromatic heterocycles. The van der Waals surface area contributed by atoms with E-state index >= 15 is 0 Å². The van der Waals surface area contributed by atoms with Crippen molar-refractivity contribution in [1.82, 2.24) is 0 Å². The van der Waals surface area contributed by atoms with Gasteiger partial charge in [-0.1, -0.05) is 72.8 Å². The van der Waals surface area contributed by atoms with Crippen LogP contribution >= 0.6 is 0 Å². The first-order valence-electron chi connectivity index (χ1n) is 9.01. The van der Waals surface area contributed by atoms with Crippen molar-refractivity contribution in [3.63, 3.8) is 0 Å². The van der Waals surface area contributed by atoms with Crippen molar-refractivity contribution in [2.24, 2.45) is 0 Å². The third kappa shape index (κ3) is 2.58. The predicted octanol–water partition coefficient (Wildman–Crippen LogP) is 6.67. The van der Waals surface area contributed by atoms with Gasteiger partial charge in [0.05, 0.1) is 0 Å². The fourth-order valence-electron chi connectivity index (χ4n) is 3.88. The number of hydrogen-bond acceptors (Lipinski definition) is 1. The van der Waals surface area contributed by atoms with E-state index in [1.165, 1.54) is 33.4 Å². The highest BCUT2D eigenvalue weighted by molar-refractivity contribution is 5.91. The van der Waals surface area contributed by atoms with Crippen LogP contribution in [0.3, 0.4) is 0 Å². The van der Waals surface area contributed by atoms with E-state index in [2.05, 4.69) is 84.2 Å². The van der Waals surface area contributed by atoms with Crippen LogP contribution in [0.15, 0.2) is 97.1 Å². The molecule has 124 valence electrons. The molecule has 0 radical (unpaired) electrons. The van der Waals surface area contributed by atoms with E-state index < -0.39 is 0 Å². The van der Waals surface area contributed by atoms with Gasteiger partial charge in [-0.15, -0.1) is 0 Å². The topological polar surface area (TPSA) is 12.0 Å². The Morgan fingerprint density at radius 3 is 2.15 bits per heavy atom. The van der Waals surface area contributed by atoms with Crippen LogP contribution < -0.4 is 5.32 Å². The lowest BCUT2D eigenvalue weighted by atomic mass is 9.94. The molecule has 1 N–H and O–H groups in total. The third-order valence-electron chi connectivity index (χ3n) is 5.05. The summed E-state index contributed by atoms with van der Waals surface area (Å²) in [6.45, 7) is 0. The molecular weight excluding hydrogens is 314 g/mol. The predicted molar refractivity (Wildman–Crippen MR) is 110 cm³/mol. The van der Waals surface area contributed by atoms with Gasteiger partial charge >= 0.3 is 0 Å². The molecule has 1 aliphatic carbocycles. The zero-order valence-corrected chi connectivity index (χ0v) is 14.4. The van der Waals surface area contributed by atoms with Gasteiger partial charge in [0.15, 0.2) is 0 Å². The van der Waals surface area contributed by atoms with E-state index in [-0.39, 0.29) is 0 Å². The molecule has 0 aliphatic heterocycles. The van der Waals surface area contributed by atoms with Crippen molar-refractivity contribution in [3.05, 3.63) is 108 Å². The lowest BCUT2D eigenvalue weighted by Crippen LogP contribution is -1.91. The first-order chi connectivity index (χ1) is 12.9. The van der Waals surface area contributed by atoms with Crippen LogP contribution in [0.2, 0.25) is 0 Å². The molecule has 0 atom stereocenters. The van der Waals surface area contributed by atoms with Gasteiger partial charge in [-0.05, 0) is 64.1 Å². The van der Waals surface area contributed by atoms with Crippen molar-refractivity contribution in [3.8, 4) is 22.3 Å². The Balaban J connectivity index is 1.59. The Morgan fingerprint density at radius 1 is 0.538 bits per heavy atom. The fourth-order valence-corrected chi connectivity index (χ4v) is 3.88. The van der Waals surface area contributed by atoms with E-state index in [1.54, 1.807) is 0 Å². The zero-order valence-electron chi connectivity index (χ0n) is 14.4. The molecule has 4 aromatic carbocycles. The normalized spacial score (nSPS) is 11.7. The summed E-state index contributed by atoms with van der Waals surface area (Å²) in [5, 5.41) is 3.50. The Morgan fingerprint density at radius 2 is 1.23 bits per heavy atom. The molecule has 0 saturated heterocycles. The third-order valence-corrected chi connectivity index (χ3v) is 5.05. The summed E-state index contributed by atoms with van der Waals surface area (Å²) in [4.78, 5) is 0. The molecule has 0 heterocycles. The smallest absolute Gasteiger partial charge is 0.0390 e. The second-order valence-electron chi connectivity index (χ2n) is 6.75. The van der Waals surface area contributed by atoms with Gasteiger partial charge in [0.25, 0.3) is 0 Å². The Labute approximate surface area is 154 Å². The fraction of sp³-hybridized carbons (Fsp3) is 0.0400. The summed E-state index contributed by atoms with van der Waals surface area (Å²) >= 11 is 0. The summed E-state index contributed by atoms with van der Waals surface area (Å²) < 4.78 is 0. The number of anilines is 2. The van der Waals surface area contributed by atoms with Gasteiger partial charge in [0, 0.05) is 11.4 Å². The SMILES string of the molecule is c1ccc(Nc2cccc(-c3cccc4c3-c3ccccc3C4)c2)cc1. The van der Waals surface area contributed by atoms with Crippen LogP contribution in [0.4, 0.5) is 11.4 Å². The van der Waals surface area contributed by atoms with Gasteiger partial charge in [0.1, 0.15) is 0 Å². The molecule has 1 heteroatoms. The molecule has 0 bridgehead atoms. The van der Waals surface area contributed by atoms with E-state index in [0.29, 0.717) is 0 Å². The summed E-state index contributed by atoms with van der Waals surface area (Å²) in [5.74, 6) is 0. The van der Waals surface area contributed by atoms with Gasteiger partial charge in [-0.2, -0.15) is 0 Å². The van der Waals surface area contributed by atoms with Crippen LogP contribution in [-0.4, -0.2) is 0 Å². The van der Waals surface area contributed by atoms with E-state index in [1.807, 2.05) is 18.2 Å². The molecule has 0 spiro atoms. The average Bonchev–Trinajstić information content (AvgIpc) is 3.08. The van der Waals surface area contributed by atoms with Gasteiger partial charge in [-0.3, -0.25) is 0 Å². The van der Waals surface area contributed by atoms with E-state index in [9.17, 15) is 0 Å². The van der Waals surface area contributed by atoms with E-state index in [4.69, 9.17) is 0 Å². The Bertz CT molecular complexity index is 1080. The zero-order chi connectivity index (χ0) is 17.3.